The summed E-state index contributed by atoms with van der Waals surface area (Å²) in [5.74, 6) is -0.169. The van der Waals surface area contributed by atoms with E-state index in [-0.39, 0.29) is 17.5 Å². The molecular formula is C14H22FNO. The second-order valence-corrected chi connectivity index (χ2v) is 4.60. The van der Waals surface area contributed by atoms with E-state index in [9.17, 15) is 4.39 Å². The van der Waals surface area contributed by atoms with E-state index in [0.717, 1.165) is 12.0 Å². The number of rotatable bonds is 5. The standard InChI is InChI=1S/C14H22FNO/c1-6-14(3,17-5)13(16-4)11-8-7-10(2)12(15)9-11/h7-9,13,16H,6H2,1-5H3. The van der Waals surface area contributed by atoms with E-state index >= 15 is 0 Å². The van der Waals surface area contributed by atoms with Gasteiger partial charge in [-0.15, -0.1) is 0 Å². The smallest absolute Gasteiger partial charge is 0.126 e. The van der Waals surface area contributed by atoms with E-state index in [1.807, 2.05) is 20.0 Å². The molecule has 0 saturated carbocycles. The Morgan fingerprint density at radius 2 is 2.12 bits per heavy atom. The lowest BCUT2D eigenvalue weighted by Gasteiger charge is -2.36. The van der Waals surface area contributed by atoms with Crippen LogP contribution in [0.4, 0.5) is 4.39 Å². The molecule has 0 bridgehead atoms. The van der Waals surface area contributed by atoms with Crippen molar-refractivity contribution < 1.29 is 9.13 Å². The van der Waals surface area contributed by atoms with Gasteiger partial charge in [-0.3, -0.25) is 0 Å². The van der Waals surface area contributed by atoms with Crippen LogP contribution in [0.2, 0.25) is 0 Å². The Balaban J connectivity index is 3.13. The highest BCUT2D eigenvalue weighted by atomic mass is 19.1. The van der Waals surface area contributed by atoms with Gasteiger partial charge in [-0.05, 0) is 44.5 Å². The Morgan fingerprint density at radius 1 is 1.47 bits per heavy atom. The van der Waals surface area contributed by atoms with Crippen molar-refractivity contribution in [2.75, 3.05) is 14.2 Å². The van der Waals surface area contributed by atoms with Crippen LogP contribution in [0.15, 0.2) is 18.2 Å². The third kappa shape index (κ3) is 2.85. The van der Waals surface area contributed by atoms with Crippen molar-refractivity contribution in [3.05, 3.63) is 35.1 Å². The average Bonchev–Trinajstić information content (AvgIpc) is 2.34. The first-order valence-corrected chi connectivity index (χ1v) is 5.97. The summed E-state index contributed by atoms with van der Waals surface area (Å²) in [6.07, 6.45) is 0.852. The molecule has 1 N–H and O–H groups in total. The van der Waals surface area contributed by atoms with Crippen molar-refractivity contribution in [1.82, 2.24) is 5.32 Å². The highest BCUT2D eigenvalue weighted by Crippen LogP contribution is 2.31. The van der Waals surface area contributed by atoms with Gasteiger partial charge in [0.25, 0.3) is 0 Å². The van der Waals surface area contributed by atoms with Gasteiger partial charge in [0, 0.05) is 7.11 Å². The number of hydrogen-bond donors (Lipinski definition) is 1. The zero-order valence-electron chi connectivity index (χ0n) is 11.3. The number of halogens is 1. The predicted octanol–water partition coefficient (Wildman–Crippen LogP) is 3.21. The van der Waals surface area contributed by atoms with Crippen LogP contribution in [-0.2, 0) is 4.74 Å². The Morgan fingerprint density at radius 3 is 2.53 bits per heavy atom. The number of benzene rings is 1. The Hall–Kier alpha value is -0.930. The molecule has 2 nitrogen and oxygen atoms in total. The molecule has 0 aliphatic rings. The van der Waals surface area contributed by atoms with E-state index in [4.69, 9.17) is 4.74 Å². The van der Waals surface area contributed by atoms with Crippen LogP contribution in [0, 0.1) is 12.7 Å². The monoisotopic (exact) mass is 239 g/mol. The normalized spacial score (nSPS) is 16.6. The molecule has 2 atom stereocenters. The predicted molar refractivity (Wildman–Crippen MR) is 68.6 cm³/mol. The number of ether oxygens (including phenoxy) is 1. The van der Waals surface area contributed by atoms with Crippen LogP contribution in [0.3, 0.4) is 0 Å². The first-order chi connectivity index (χ1) is 7.98. The minimum absolute atomic E-state index is 0.0207. The average molecular weight is 239 g/mol. The minimum atomic E-state index is -0.337. The molecule has 0 aliphatic heterocycles. The van der Waals surface area contributed by atoms with E-state index in [0.29, 0.717) is 5.56 Å². The zero-order chi connectivity index (χ0) is 13.1. The van der Waals surface area contributed by atoms with Crippen LogP contribution in [-0.4, -0.2) is 19.8 Å². The molecule has 17 heavy (non-hydrogen) atoms. The number of hydrogen-bond acceptors (Lipinski definition) is 2. The van der Waals surface area contributed by atoms with Gasteiger partial charge >= 0.3 is 0 Å². The van der Waals surface area contributed by atoms with Crippen molar-refractivity contribution in [3.8, 4) is 0 Å². The third-order valence-corrected chi connectivity index (χ3v) is 3.60. The largest absolute Gasteiger partial charge is 0.377 e. The molecule has 0 aromatic heterocycles. The Labute approximate surface area is 103 Å². The summed E-state index contributed by atoms with van der Waals surface area (Å²) in [6, 6.07) is 5.32. The summed E-state index contributed by atoms with van der Waals surface area (Å²) in [7, 11) is 3.56. The van der Waals surface area contributed by atoms with E-state index < -0.39 is 0 Å². The van der Waals surface area contributed by atoms with Crippen molar-refractivity contribution >= 4 is 0 Å². The fourth-order valence-corrected chi connectivity index (χ4v) is 2.08. The molecule has 0 fully saturated rings. The molecule has 0 spiro atoms. The maximum absolute atomic E-state index is 13.6. The maximum atomic E-state index is 13.6. The minimum Gasteiger partial charge on any atom is -0.377 e. The van der Waals surface area contributed by atoms with Gasteiger partial charge in [-0.25, -0.2) is 4.39 Å². The van der Waals surface area contributed by atoms with Gasteiger partial charge in [0.1, 0.15) is 5.82 Å². The van der Waals surface area contributed by atoms with E-state index in [1.165, 1.54) is 0 Å². The molecule has 1 aromatic rings. The molecule has 0 saturated heterocycles. The summed E-state index contributed by atoms with van der Waals surface area (Å²) in [4.78, 5) is 0. The number of methoxy groups -OCH3 is 1. The van der Waals surface area contributed by atoms with E-state index in [2.05, 4.69) is 12.2 Å². The lowest BCUT2D eigenvalue weighted by atomic mass is 9.87. The van der Waals surface area contributed by atoms with Crippen molar-refractivity contribution in [2.24, 2.45) is 0 Å². The molecule has 0 radical (unpaired) electrons. The number of nitrogens with one attached hydrogen (secondary N) is 1. The summed E-state index contributed by atoms with van der Waals surface area (Å²) >= 11 is 0. The van der Waals surface area contributed by atoms with Crippen LogP contribution in [0.1, 0.15) is 37.4 Å². The molecule has 3 heteroatoms. The maximum Gasteiger partial charge on any atom is 0.126 e. The van der Waals surface area contributed by atoms with Crippen molar-refractivity contribution in [2.45, 2.75) is 38.8 Å². The first-order valence-electron chi connectivity index (χ1n) is 5.97. The number of aryl methyl sites for hydroxylation is 1. The molecule has 96 valence electrons. The quantitative estimate of drug-likeness (QED) is 0.852. The molecule has 1 aromatic carbocycles. The first kappa shape index (κ1) is 14.1. The fraction of sp³-hybridized carbons (Fsp3) is 0.571. The summed E-state index contributed by atoms with van der Waals surface area (Å²) in [5, 5.41) is 3.22. The number of likely N-dealkylation sites (N-methyl/N-ethyl adjacent to an activating group) is 1. The molecule has 2 unspecified atom stereocenters. The van der Waals surface area contributed by atoms with Crippen LogP contribution >= 0.6 is 0 Å². The second-order valence-electron chi connectivity index (χ2n) is 4.60. The van der Waals surface area contributed by atoms with Gasteiger partial charge in [-0.2, -0.15) is 0 Å². The molecule has 0 amide bonds. The topological polar surface area (TPSA) is 21.3 Å². The Bertz CT molecular complexity index is 374. The molecular weight excluding hydrogens is 217 g/mol. The summed E-state index contributed by atoms with van der Waals surface area (Å²) in [5.41, 5.74) is 1.25. The zero-order valence-corrected chi connectivity index (χ0v) is 11.3. The highest BCUT2D eigenvalue weighted by molar-refractivity contribution is 5.27. The summed E-state index contributed by atoms with van der Waals surface area (Å²) < 4.78 is 19.2. The van der Waals surface area contributed by atoms with Gasteiger partial charge in [-0.1, -0.05) is 19.1 Å². The van der Waals surface area contributed by atoms with Crippen LogP contribution < -0.4 is 5.32 Å². The lowest BCUT2D eigenvalue weighted by molar-refractivity contribution is -0.0281. The highest BCUT2D eigenvalue weighted by Gasteiger charge is 2.32. The van der Waals surface area contributed by atoms with Crippen molar-refractivity contribution in [1.29, 1.82) is 0 Å². The van der Waals surface area contributed by atoms with Crippen LogP contribution in [0.25, 0.3) is 0 Å². The van der Waals surface area contributed by atoms with Crippen LogP contribution in [0.5, 0.6) is 0 Å². The van der Waals surface area contributed by atoms with Gasteiger partial charge in [0.2, 0.25) is 0 Å². The third-order valence-electron chi connectivity index (χ3n) is 3.60. The lowest BCUT2D eigenvalue weighted by Crippen LogP contribution is -2.41. The van der Waals surface area contributed by atoms with E-state index in [1.54, 1.807) is 26.2 Å². The molecule has 0 heterocycles. The molecule has 1 rings (SSSR count). The van der Waals surface area contributed by atoms with Gasteiger partial charge < -0.3 is 10.1 Å². The van der Waals surface area contributed by atoms with Gasteiger partial charge in [0.05, 0.1) is 11.6 Å². The van der Waals surface area contributed by atoms with Gasteiger partial charge in [0.15, 0.2) is 0 Å². The second kappa shape index (κ2) is 5.61. The van der Waals surface area contributed by atoms with Crippen molar-refractivity contribution in [3.63, 3.8) is 0 Å². The SMILES string of the molecule is CCC(C)(OC)C(NC)c1ccc(C)c(F)c1. The fourth-order valence-electron chi connectivity index (χ4n) is 2.08. The molecule has 0 aliphatic carbocycles. The Kier molecular flexibility index (Phi) is 4.66. The summed E-state index contributed by atoms with van der Waals surface area (Å²) in [6.45, 7) is 5.87.